The molecule has 0 aromatic heterocycles. The van der Waals surface area contributed by atoms with Gasteiger partial charge in [-0.3, -0.25) is 0 Å². The van der Waals surface area contributed by atoms with Gasteiger partial charge in [0.2, 0.25) is 0 Å². The zero-order chi connectivity index (χ0) is 11.4. The molecule has 2 saturated heterocycles. The van der Waals surface area contributed by atoms with E-state index in [1.807, 2.05) is 0 Å². The number of rotatable bonds is 5. The Kier molecular flexibility index (Phi) is 4.19. The van der Waals surface area contributed by atoms with Gasteiger partial charge in [0.1, 0.15) is 0 Å². The smallest absolute Gasteiger partial charge is 0.0702 e. The molecule has 0 saturated carbocycles. The van der Waals surface area contributed by atoms with E-state index in [1.165, 1.54) is 12.8 Å². The van der Waals surface area contributed by atoms with Gasteiger partial charge >= 0.3 is 0 Å². The van der Waals surface area contributed by atoms with Gasteiger partial charge in [-0.25, -0.2) is 0 Å². The van der Waals surface area contributed by atoms with E-state index in [4.69, 9.17) is 15.2 Å². The Hall–Kier alpha value is -0.160. The number of nitrogens with two attached hydrogens (primary N) is 1. The highest BCUT2D eigenvalue weighted by Gasteiger charge is 2.35. The van der Waals surface area contributed by atoms with Gasteiger partial charge < -0.3 is 20.1 Å². The van der Waals surface area contributed by atoms with E-state index in [0.717, 1.165) is 45.9 Å². The monoisotopic (exact) mass is 228 g/mol. The highest BCUT2D eigenvalue weighted by Crippen LogP contribution is 2.28. The van der Waals surface area contributed by atoms with Crippen LogP contribution in [-0.2, 0) is 9.47 Å². The topological polar surface area (TPSA) is 47.7 Å². The van der Waals surface area contributed by atoms with Gasteiger partial charge in [-0.2, -0.15) is 0 Å². The predicted octanol–water partition coefficient (Wildman–Crippen LogP) is 0.463. The zero-order valence-electron chi connectivity index (χ0n) is 10.3. The third-order valence-electron chi connectivity index (χ3n) is 3.76. The lowest BCUT2D eigenvalue weighted by molar-refractivity contribution is 0.0613. The van der Waals surface area contributed by atoms with Crippen molar-refractivity contribution in [3.05, 3.63) is 0 Å². The summed E-state index contributed by atoms with van der Waals surface area (Å²) in [4.78, 5) is 2.36. The minimum Gasteiger partial charge on any atom is -0.381 e. The van der Waals surface area contributed by atoms with Crippen molar-refractivity contribution >= 4 is 0 Å². The van der Waals surface area contributed by atoms with Crippen LogP contribution in [0.4, 0.5) is 0 Å². The molecule has 2 aliphatic heterocycles. The summed E-state index contributed by atoms with van der Waals surface area (Å²) >= 11 is 0. The lowest BCUT2D eigenvalue weighted by Crippen LogP contribution is -2.43. The van der Waals surface area contributed by atoms with Gasteiger partial charge in [-0.1, -0.05) is 0 Å². The summed E-state index contributed by atoms with van der Waals surface area (Å²) in [5, 5.41) is 0. The summed E-state index contributed by atoms with van der Waals surface area (Å²) in [6.45, 7) is 5.40. The fraction of sp³-hybridized carbons (Fsp3) is 1.00. The second kappa shape index (κ2) is 5.45. The molecular weight excluding hydrogens is 204 g/mol. The SMILES string of the molecule is CN(CC1CCCO1)CC1(CN)CCOC1. The average molecular weight is 228 g/mol. The highest BCUT2D eigenvalue weighted by atomic mass is 16.5. The van der Waals surface area contributed by atoms with Crippen LogP contribution in [0.3, 0.4) is 0 Å². The Morgan fingerprint density at radius 1 is 1.44 bits per heavy atom. The molecule has 0 spiro atoms. The minimum absolute atomic E-state index is 0.188. The standard InChI is InChI=1S/C12H24N2O2/c1-14(7-11-3-2-5-16-11)9-12(8-13)4-6-15-10-12/h11H,2-10,13H2,1H3. The summed E-state index contributed by atoms with van der Waals surface area (Å²) in [5.74, 6) is 0. The Morgan fingerprint density at radius 3 is 2.88 bits per heavy atom. The third-order valence-corrected chi connectivity index (χ3v) is 3.76. The van der Waals surface area contributed by atoms with Crippen LogP contribution in [0.1, 0.15) is 19.3 Å². The molecule has 0 radical (unpaired) electrons. The molecule has 2 aliphatic rings. The molecule has 0 amide bonds. The van der Waals surface area contributed by atoms with Crippen LogP contribution < -0.4 is 5.73 Å². The number of hydrogen-bond donors (Lipinski definition) is 1. The Morgan fingerprint density at radius 2 is 2.31 bits per heavy atom. The maximum Gasteiger partial charge on any atom is 0.0702 e. The molecule has 0 aromatic rings. The normalized spacial score (nSPS) is 35.1. The Labute approximate surface area is 98.1 Å². The molecule has 4 nitrogen and oxygen atoms in total. The fourth-order valence-corrected chi connectivity index (χ4v) is 2.77. The van der Waals surface area contributed by atoms with E-state index in [0.29, 0.717) is 6.10 Å². The molecule has 2 unspecified atom stereocenters. The van der Waals surface area contributed by atoms with Gasteiger partial charge in [-0.15, -0.1) is 0 Å². The van der Waals surface area contributed by atoms with Crippen molar-refractivity contribution in [1.82, 2.24) is 4.90 Å². The van der Waals surface area contributed by atoms with Gasteiger partial charge in [0, 0.05) is 38.3 Å². The van der Waals surface area contributed by atoms with Gasteiger partial charge in [0.25, 0.3) is 0 Å². The molecule has 2 N–H and O–H groups in total. The van der Waals surface area contributed by atoms with Crippen LogP contribution in [0.5, 0.6) is 0 Å². The van der Waals surface area contributed by atoms with Crippen LogP contribution in [-0.4, -0.2) is 57.5 Å². The molecule has 16 heavy (non-hydrogen) atoms. The fourth-order valence-electron chi connectivity index (χ4n) is 2.77. The molecule has 0 aliphatic carbocycles. The molecule has 2 heterocycles. The summed E-state index contributed by atoms with van der Waals surface area (Å²) in [6, 6.07) is 0. The van der Waals surface area contributed by atoms with Crippen LogP contribution in [0.2, 0.25) is 0 Å². The van der Waals surface area contributed by atoms with E-state index < -0.39 is 0 Å². The zero-order valence-corrected chi connectivity index (χ0v) is 10.3. The molecule has 0 bridgehead atoms. The number of ether oxygens (including phenoxy) is 2. The average Bonchev–Trinajstić information content (AvgIpc) is 2.90. The second-order valence-electron chi connectivity index (χ2n) is 5.34. The van der Waals surface area contributed by atoms with Gasteiger partial charge in [0.05, 0.1) is 12.7 Å². The van der Waals surface area contributed by atoms with Crippen molar-refractivity contribution in [2.45, 2.75) is 25.4 Å². The summed E-state index contributed by atoms with van der Waals surface area (Å²) in [5.41, 5.74) is 6.08. The van der Waals surface area contributed by atoms with Crippen LogP contribution >= 0.6 is 0 Å². The van der Waals surface area contributed by atoms with Crippen molar-refractivity contribution in [3.8, 4) is 0 Å². The first-order valence-corrected chi connectivity index (χ1v) is 6.32. The number of likely N-dealkylation sites (N-methyl/N-ethyl adjacent to an activating group) is 1. The first-order valence-electron chi connectivity index (χ1n) is 6.32. The lowest BCUT2D eigenvalue weighted by Gasteiger charge is -2.32. The predicted molar refractivity (Wildman–Crippen MR) is 63.4 cm³/mol. The van der Waals surface area contributed by atoms with Crippen LogP contribution in [0.25, 0.3) is 0 Å². The van der Waals surface area contributed by atoms with Gasteiger partial charge in [0.15, 0.2) is 0 Å². The van der Waals surface area contributed by atoms with Crippen molar-refractivity contribution < 1.29 is 9.47 Å². The molecule has 94 valence electrons. The van der Waals surface area contributed by atoms with Crippen molar-refractivity contribution in [2.75, 3.05) is 46.5 Å². The summed E-state index contributed by atoms with van der Waals surface area (Å²) in [6.07, 6.45) is 3.95. The number of nitrogens with zero attached hydrogens (tertiary/aromatic N) is 1. The molecule has 2 rings (SSSR count). The van der Waals surface area contributed by atoms with Crippen molar-refractivity contribution in [1.29, 1.82) is 0 Å². The third kappa shape index (κ3) is 2.94. The molecular formula is C12H24N2O2. The van der Waals surface area contributed by atoms with E-state index in [1.54, 1.807) is 0 Å². The summed E-state index contributed by atoms with van der Waals surface area (Å²) < 4.78 is 11.1. The van der Waals surface area contributed by atoms with E-state index in [-0.39, 0.29) is 5.41 Å². The maximum absolute atomic E-state index is 5.89. The Bertz CT molecular complexity index is 211. The van der Waals surface area contributed by atoms with E-state index in [2.05, 4.69) is 11.9 Å². The quantitative estimate of drug-likeness (QED) is 0.743. The molecule has 2 fully saturated rings. The summed E-state index contributed by atoms with van der Waals surface area (Å²) in [7, 11) is 2.16. The van der Waals surface area contributed by atoms with E-state index in [9.17, 15) is 0 Å². The molecule has 4 heteroatoms. The Balaban J connectivity index is 1.78. The lowest BCUT2D eigenvalue weighted by atomic mass is 9.87. The first-order chi connectivity index (χ1) is 7.74. The molecule has 0 aromatic carbocycles. The highest BCUT2D eigenvalue weighted by molar-refractivity contribution is 4.87. The van der Waals surface area contributed by atoms with Crippen LogP contribution in [0, 0.1) is 5.41 Å². The molecule has 2 atom stereocenters. The largest absolute Gasteiger partial charge is 0.381 e. The minimum atomic E-state index is 0.188. The maximum atomic E-state index is 5.89. The van der Waals surface area contributed by atoms with Gasteiger partial charge in [-0.05, 0) is 26.3 Å². The second-order valence-corrected chi connectivity index (χ2v) is 5.34. The van der Waals surface area contributed by atoms with E-state index >= 15 is 0 Å². The van der Waals surface area contributed by atoms with Crippen LogP contribution in [0.15, 0.2) is 0 Å². The van der Waals surface area contributed by atoms with Crippen molar-refractivity contribution in [2.24, 2.45) is 11.1 Å². The van der Waals surface area contributed by atoms with Crippen molar-refractivity contribution in [3.63, 3.8) is 0 Å². The first kappa shape index (κ1) is 12.3. The number of hydrogen-bond acceptors (Lipinski definition) is 4.